The van der Waals surface area contributed by atoms with Crippen molar-refractivity contribution in [1.29, 1.82) is 0 Å². The van der Waals surface area contributed by atoms with Crippen molar-refractivity contribution in [3.63, 3.8) is 0 Å². The van der Waals surface area contributed by atoms with E-state index >= 15 is 0 Å². The highest BCUT2D eigenvalue weighted by Gasteiger charge is 2.15. The van der Waals surface area contributed by atoms with Crippen LogP contribution in [0.15, 0.2) is 78.9 Å². The first-order valence-corrected chi connectivity index (χ1v) is 10.0. The van der Waals surface area contributed by atoms with E-state index in [1.54, 1.807) is 28.8 Å². The molecular weight excluding hydrogens is 393 g/mol. The molecule has 4 aromatic rings. The summed E-state index contributed by atoms with van der Waals surface area (Å²) < 4.78 is 15.3. The van der Waals surface area contributed by atoms with Crippen LogP contribution in [0.2, 0.25) is 0 Å². The zero-order valence-corrected chi connectivity index (χ0v) is 16.8. The fourth-order valence-electron chi connectivity index (χ4n) is 3.67. The number of nitrogens with one attached hydrogen (secondary N) is 1. The van der Waals surface area contributed by atoms with Gasteiger partial charge in [0.15, 0.2) is 0 Å². The SMILES string of the molecule is NC(=O)c1cc2cc(NC(=O)CCc3ccccc3)ccc2n1Cc1cccc(F)c1. The van der Waals surface area contributed by atoms with Crippen LogP contribution >= 0.6 is 0 Å². The lowest BCUT2D eigenvalue weighted by Gasteiger charge is -2.10. The minimum atomic E-state index is -0.568. The summed E-state index contributed by atoms with van der Waals surface area (Å²) in [5, 5.41) is 3.67. The Morgan fingerprint density at radius 1 is 0.903 bits per heavy atom. The van der Waals surface area contributed by atoms with E-state index < -0.39 is 5.91 Å². The quantitative estimate of drug-likeness (QED) is 0.466. The molecule has 0 saturated heterocycles. The number of nitrogens with two attached hydrogens (primary N) is 1. The van der Waals surface area contributed by atoms with Crippen molar-refractivity contribution in [2.24, 2.45) is 5.73 Å². The number of benzene rings is 3. The van der Waals surface area contributed by atoms with Crippen molar-refractivity contribution in [1.82, 2.24) is 4.57 Å². The second kappa shape index (κ2) is 8.83. The number of fused-ring (bicyclic) bond motifs is 1. The average Bonchev–Trinajstić information content (AvgIpc) is 3.11. The monoisotopic (exact) mass is 415 g/mol. The number of primary amides is 1. The average molecular weight is 415 g/mol. The van der Waals surface area contributed by atoms with Crippen molar-refractivity contribution in [3.8, 4) is 0 Å². The molecular formula is C25H22FN3O2. The van der Waals surface area contributed by atoms with Crippen LogP contribution in [0.1, 0.15) is 28.0 Å². The number of rotatable bonds is 7. The number of hydrogen-bond donors (Lipinski definition) is 2. The van der Waals surface area contributed by atoms with Gasteiger partial charge in [0.1, 0.15) is 11.5 Å². The summed E-state index contributed by atoms with van der Waals surface area (Å²) in [6.45, 7) is 0.308. The molecule has 3 aromatic carbocycles. The first-order chi connectivity index (χ1) is 15.0. The Labute approximate surface area is 179 Å². The molecule has 0 saturated carbocycles. The van der Waals surface area contributed by atoms with Crippen LogP contribution in [0.4, 0.5) is 10.1 Å². The Bertz CT molecular complexity index is 1250. The lowest BCUT2D eigenvalue weighted by atomic mass is 10.1. The summed E-state index contributed by atoms with van der Waals surface area (Å²) in [5.41, 5.74) is 9.14. The molecule has 2 amide bonds. The number of amides is 2. The van der Waals surface area contributed by atoms with E-state index in [0.29, 0.717) is 30.8 Å². The lowest BCUT2D eigenvalue weighted by Crippen LogP contribution is -2.17. The summed E-state index contributed by atoms with van der Waals surface area (Å²) in [7, 11) is 0. The second-order valence-corrected chi connectivity index (χ2v) is 7.42. The minimum absolute atomic E-state index is 0.0856. The number of nitrogens with zero attached hydrogens (tertiary/aromatic N) is 1. The van der Waals surface area contributed by atoms with E-state index in [-0.39, 0.29) is 11.7 Å². The van der Waals surface area contributed by atoms with Crippen LogP contribution in [-0.2, 0) is 17.8 Å². The molecule has 1 aromatic heterocycles. The highest BCUT2D eigenvalue weighted by atomic mass is 19.1. The fraction of sp³-hybridized carbons (Fsp3) is 0.120. The molecule has 156 valence electrons. The van der Waals surface area contributed by atoms with Gasteiger partial charge in [-0.05, 0) is 53.9 Å². The summed E-state index contributed by atoms with van der Waals surface area (Å²) in [6, 6.07) is 23.2. The van der Waals surface area contributed by atoms with Crippen LogP contribution in [0, 0.1) is 5.82 Å². The standard InChI is InChI=1S/C25H22FN3O2/c26-20-8-4-7-18(13-20)16-29-22-11-10-21(14-19(22)15-23(29)25(27)31)28-24(30)12-9-17-5-2-1-3-6-17/h1-8,10-11,13-15H,9,12,16H2,(H2,27,31)(H,28,30). The normalized spacial score (nSPS) is 10.9. The van der Waals surface area contributed by atoms with Crippen molar-refractivity contribution in [2.45, 2.75) is 19.4 Å². The van der Waals surface area contributed by atoms with Gasteiger partial charge in [0, 0.05) is 29.6 Å². The van der Waals surface area contributed by atoms with Gasteiger partial charge >= 0.3 is 0 Å². The minimum Gasteiger partial charge on any atom is -0.364 e. The third-order valence-electron chi connectivity index (χ3n) is 5.15. The Balaban J connectivity index is 1.55. The molecule has 4 rings (SSSR count). The lowest BCUT2D eigenvalue weighted by molar-refractivity contribution is -0.116. The second-order valence-electron chi connectivity index (χ2n) is 7.42. The van der Waals surface area contributed by atoms with E-state index in [0.717, 1.165) is 22.0 Å². The van der Waals surface area contributed by atoms with E-state index in [1.807, 2.05) is 42.5 Å². The van der Waals surface area contributed by atoms with E-state index in [2.05, 4.69) is 5.32 Å². The summed E-state index contributed by atoms with van der Waals surface area (Å²) in [4.78, 5) is 24.3. The summed E-state index contributed by atoms with van der Waals surface area (Å²) in [6.07, 6.45) is 1.03. The Hall–Kier alpha value is -3.93. The van der Waals surface area contributed by atoms with Gasteiger partial charge < -0.3 is 15.6 Å². The molecule has 6 heteroatoms. The molecule has 0 unspecified atom stereocenters. The van der Waals surface area contributed by atoms with Gasteiger partial charge in [-0.15, -0.1) is 0 Å². The van der Waals surface area contributed by atoms with Gasteiger partial charge in [-0.2, -0.15) is 0 Å². The molecule has 31 heavy (non-hydrogen) atoms. The van der Waals surface area contributed by atoms with E-state index in [1.165, 1.54) is 12.1 Å². The molecule has 5 nitrogen and oxygen atoms in total. The largest absolute Gasteiger partial charge is 0.364 e. The predicted octanol–water partition coefficient (Wildman–Crippen LogP) is 4.50. The first kappa shape index (κ1) is 20.3. The first-order valence-electron chi connectivity index (χ1n) is 10.0. The van der Waals surface area contributed by atoms with Crippen LogP contribution in [0.3, 0.4) is 0 Å². The van der Waals surface area contributed by atoms with Crippen LogP contribution in [0.5, 0.6) is 0 Å². The maximum absolute atomic E-state index is 13.6. The molecule has 0 aliphatic rings. The maximum atomic E-state index is 13.6. The Morgan fingerprint density at radius 2 is 1.68 bits per heavy atom. The van der Waals surface area contributed by atoms with Gasteiger partial charge in [-0.3, -0.25) is 9.59 Å². The molecule has 0 spiro atoms. The van der Waals surface area contributed by atoms with Crippen molar-refractivity contribution < 1.29 is 14.0 Å². The highest BCUT2D eigenvalue weighted by molar-refractivity contribution is 6.00. The van der Waals surface area contributed by atoms with Crippen LogP contribution < -0.4 is 11.1 Å². The molecule has 1 heterocycles. The third-order valence-corrected chi connectivity index (χ3v) is 5.15. The van der Waals surface area contributed by atoms with Crippen molar-refractivity contribution in [3.05, 3.63) is 102 Å². The number of halogens is 1. The van der Waals surface area contributed by atoms with Gasteiger partial charge in [0.05, 0.1) is 0 Å². The maximum Gasteiger partial charge on any atom is 0.265 e. The molecule has 0 radical (unpaired) electrons. The number of carbonyl (C=O) groups is 2. The summed E-state index contributed by atoms with van der Waals surface area (Å²) >= 11 is 0. The number of aromatic nitrogens is 1. The molecule has 0 aliphatic heterocycles. The Morgan fingerprint density at radius 3 is 2.42 bits per heavy atom. The molecule has 0 bridgehead atoms. The van der Waals surface area contributed by atoms with Crippen molar-refractivity contribution in [2.75, 3.05) is 5.32 Å². The molecule has 0 atom stereocenters. The zero-order chi connectivity index (χ0) is 21.8. The Kier molecular flexibility index (Phi) is 5.80. The zero-order valence-electron chi connectivity index (χ0n) is 16.8. The molecule has 3 N–H and O–H groups in total. The number of carbonyl (C=O) groups excluding carboxylic acids is 2. The number of aryl methyl sites for hydroxylation is 1. The summed E-state index contributed by atoms with van der Waals surface area (Å²) in [5.74, 6) is -0.992. The van der Waals surface area contributed by atoms with Gasteiger partial charge in [-0.1, -0.05) is 42.5 Å². The van der Waals surface area contributed by atoms with Crippen LogP contribution in [0.25, 0.3) is 10.9 Å². The van der Waals surface area contributed by atoms with Crippen molar-refractivity contribution >= 4 is 28.4 Å². The predicted molar refractivity (Wildman–Crippen MR) is 119 cm³/mol. The van der Waals surface area contributed by atoms with E-state index in [9.17, 15) is 14.0 Å². The number of hydrogen-bond acceptors (Lipinski definition) is 2. The van der Waals surface area contributed by atoms with Crippen LogP contribution in [-0.4, -0.2) is 16.4 Å². The topological polar surface area (TPSA) is 77.1 Å². The van der Waals surface area contributed by atoms with Gasteiger partial charge in [0.25, 0.3) is 5.91 Å². The van der Waals surface area contributed by atoms with Gasteiger partial charge in [-0.25, -0.2) is 4.39 Å². The molecule has 0 fully saturated rings. The smallest absolute Gasteiger partial charge is 0.265 e. The third kappa shape index (κ3) is 4.80. The number of anilines is 1. The van der Waals surface area contributed by atoms with E-state index in [4.69, 9.17) is 5.73 Å². The highest BCUT2D eigenvalue weighted by Crippen LogP contribution is 2.25. The molecule has 0 aliphatic carbocycles. The van der Waals surface area contributed by atoms with Gasteiger partial charge in [0.2, 0.25) is 5.91 Å². The fourth-order valence-corrected chi connectivity index (χ4v) is 3.67.